The van der Waals surface area contributed by atoms with Gasteiger partial charge in [-0.25, -0.2) is 8.78 Å². The lowest BCUT2D eigenvalue weighted by Crippen LogP contribution is -2.26. The van der Waals surface area contributed by atoms with Crippen LogP contribution in [-0.4, -0.2) is 27.6 Å². The summed E-state index contributed by atoms with van der Waals surface area (Å²) in [5, 5.41) is 7.80. The van der Waals surface area contributed by atoms with E-state index in [1.807, 2.05) is 18.3 Å². The van der Waals surface area contributed by atoms with Crippen molar-refractivity contribution in [3.63, 3.8) is 0 Å². The minimum atomic E-state index is -0.727. The van der Waals surface area contributed by atoms with Crippen LogP contribution in [0.4, 0.5) is 8.78 Å². The van der Waals surface area contributed by atoms with Gasteiger partial charge in [-0.05, 0) is 48.4 Å². The molecule has 28 heavy (non-hydrogen) atoms. The lowest BCUT2D eigenvalue weighted by Gasteiger charge is -2.02. The Morgan fingerprint density at radius 3 is 2.93 bits per heavy atom. The standard InChI is InChI=1S/C19H13ClF2N4O2/c20-11-1-4-16-13(7-11)10(9-24-16)5-6-23-18(27)17-25-19(28-26-17)14-8-12(21)2-3-15(14)22/h1-4,7-9,24H,5-6H2,(H,23,27). The summed E-state index contributed by atoms with van der Waals surface area (Å²) in [4.78, 5) is 19.2. The van der Waals surface area contributed by atoms with Gasteiger partial charge in [0.15, 0.2) is 0 Å². The molecule has 142 valence electrons. The van der Waals surface area contributed by atoms with Crippen molar-refractivity contribution in [1.82, 2.24) is 20.4 Å². The Morgan fingerprint density at radius 2 is 2.07 bits per heavy atom. The van der Waals surface area contributed by atoms with Gasteiger partial charge in [-0.15, -0.1) is 0 Å². The van der Waals surface area contributed by atoms with Crippen LogP contribution in [0.15, 0.2) is 47.1 Å². The number of nitrogens with zero attached hydrogens (tertiary/aromatic N) is 2. The monoisotopic (exact) mass is 402 g/mol. The van der Waals surface area contributed by atoms with E-state index in [1.54, 1.807) is 6.07 Å². The van der Waals surface area contributed by atoms with Crippen molar-refractivity contribution >= 4 is 28.4 Å². The number of H-pyrrole nitrogens is 1. The zero-order valence-corrected chi connectivity index (χ0v) is 15.1. The normalized spacial score (nSPS) is 11.1. The lowest BCUT2D eigenvalue weighted by molar-refractivity contribution is 0.0941. The fourth-order valence-electron chi connectivity index (χ4n) is 2.83. The number of benzene rings is 2. The Kier molecular flexibility index (Phi) is 4.79. The number of aromatic amines is 1. The molecular formula is C19H13ClF2N4O2. The maximum atomic E-state index is 13.8. The summed E-state index contributed by atoms with van der Waals surface area (Å²) in [7, 11) is 0. The third-order valence-electron chi connectivity index (χ3n) is 4.20. The number of carbonyl (C=O) groups excluding carboxylic acids is 1. The molecule has 0 aliphatic carbocycles. The Morgan fingerprint density at radius 1 is 1.21 bits per heavy atom. The lowest BCUT2D eigenvalue weighted by atomic mass is 10.1. The van der Waals surface area contributed by atoms with E-state index in [0.717, 1.165) is 34.7 Å². The van der Waals surface area contributed by atoms with Crippen molar-refractivity contribution < 1.29 is 18.1 Å². The second-order valence-corrected chi connectivity index (χ2v) is 6.49. The van der Waals surface area contributed by atoms with Gasteiger partial charge in [0, 0.05) is 28.7 Å². The number of rotatable bonds is 5. The van der Waals surface area contributed by atoms with E-state index in [-0.39, 0.29) is 17.3 Å². The molecule has 0 atom stereocenters. The molecule has 0 radical (unpaired) electrons. The summed E-state index contributed by atoms with van der Waals surface area (Å²) in [5.41, 5.74) is 1.74. The summed E-state index contributed by atoms with van der Waals surface area (Å²) < 4.78 is 31.9. The van der Waals surface area contributed by atoms with E-state index in [1.165, 1.54) is 0 Å². The smallest absolute Gasteiger partial charge is 0.292 e. The van der Waals surface area contributed by atoms with Crippen molar-refractivity contribution in [2.45, 2.75) is 6.42 Å². The number of halogens is 3. The van der Waals surface area contributed by atoms with Crippen LogP contribution < -0.4 is 5.32 Å². The maximum absolute atomic E-state index is 13.8. The molecule has 2 N–H and O–H groups in total. The van der Waals surface area contributed by atoms with Gasteiger partial charge in [0.1, 0.15) is 11.6 Å². The molecule has 0 bridgehead atoms. The Bertz CT molecular complexity index is 1170. The molecule has 0 spiro atoms. The van der Waals surface area contributed by atoms with Crippen molar-refractivity contribution in [2.75, 3.05) is 6.54 Å². The van der Waals surface area contributed by atoms with Gasteiger partial charge in [-0.3, -0.25) is 4.79 Å². The van der Waals surface area contributed by atoms with Gasteiger partial charge in [-0.1, -0.05) is 16.8 Å². The van der Waals surface area contributed by atoms with Crippen LogP contribution in [0.25, 0.3) is 22.4 Å². The van der Waals surface area contributed by atoms with Gasteiger partial charge in [0.2, 0.25) is 0 Å². The summed E-state index contributed by atoms with van der Waals surface area (Å²) in [5.74, 6) is -2.49. The van der Waals surface area contributed by atoms with Gasteiger partial charge in [-0.2, -0.15) is 4.98 Å². The SMILES string of the molecule is O=C(NCCc1c[nH]c2ccc(Cl)cc12)c1noc(-c2cc(F)ccc2F)n1. The fraction of sp³-hybridized carbons (Fsp3) is 0.105. The first kappa shape index (κ1) is 18.1. The Balaban J connectivity index is 1.42. The van der Waals surface area contributed by atoms with Crippen molar-refractivity contribution in [3.8, 4) is 11.5 Å². The number of fused-ring (bicyclic) bond motifs is 1. The van der Waals surface area contributed by atoms with E-state index >= 15 is 0 Å². The molecule has 0 saturated heterocycles. The molecule has 2 heterocycles. The molecule has 0 unspecified atom stereocenters. The van der Waals surface area contributed by atoms with E-state index in [4.69, 9.17) is 16.1 Å². The van der Waals surface area contributed by atoms with E-state index in [9.17, 15) is 13.6 Å². The minimum Gasteiger partial charge on any atom is -0.361 e. The quantitative estimate of drug-likeness (QED) is 0.526. The third-order valence-corrected chi connectivity index (χ3v) is 4.43. The molecular weight excluding hydrogens is 390 g/mol. The van der Waals surface area contributed by atoms with Crippen LogP contribution in [0.2, 0.25) is 5.02 Å². The molecule has 1 amide bonds. The van der Waals surface area contributed by atoms with Crippen molar-refractivity contribution in [1.29, 1.82) is 0 Å². The molecule has 2 aromatic carbocycles. The van der Waals surface area contributed by atoms with Crippen molar-refractivity contribution in [2.24, 2.45) is 0 Å². The summed E-state index contributed by atoms with van der Waals surface area (Å²) in [6.45, 7) is 0.316. The Labute approximate surface area is 162 Å². The molecule has 0 aliphatic rings. The molecule has 0 fully saturated rings. The highest BCUT2D eigenvalue weighted by Gasteiger charge is 2.18. The summed E-state index contributed by atoms with van der Waals surface area (Å²) >= 11 is 6.03. The van der Waals surface area contributed by atoms with Gasteiger partial charge >= 0.3 is 0 Å². The van der Waals surface area contributed by atoms with Crippen LogP contribution in [0.1, 0.15) is 16.2 Å². The average molecular weight is 403 g/mol. The van der Waals surface area contributed by atoms with Crippen LogP contribution in [0.3, 0.4) is 0 Å². The van der Waals surface area contributed by atoms with Crippen LogP contribution in [0.5, 0.6) is 0 Å². The molecule has 9 heteroatoms. The first-order valence-electron chi connectivity index (χ1n) is 8.34. The number of nitrogens with one attached hydrogen (secondary N) is 2. The predicted octanol–water partition coefficient (Wildman–Crippen LogP) is 4.12. The minimum absolute atomic E-state index is 0.206. The highest BCUT2D eigenvalue weighted by Crippen LogP contribution is 2.23. The molecule has 0 saturated carbocycles. The zero-order chi connectivity index (χ0) is 19.7. The molecule has 0 aliphatic heterocycles. The average Bonchev–Trinajstić information content (AvgIpc) is 3.31. The number of hydrogen-bond acceptors (Lipinski definition) is 4. The third kappa shape index (κ3) is 3.59. The first-order chi connectivity index (χ1) is 13.5. The first-order valence-corrected chi connectivity index (χ1v) is 8.72. The van der Waals surface area contributed by atoms with Crippen LogP contribution >= 0.6 is 11.6 Å². The molecule has 4 rings (SSSR count). The number of amides is 1. The maximum Gasteiger partial charge on any atom is 0.292 e. The fourth-order valence-corrected chi connectivity index (χ4v) is 3.01. The number of hydrogen-bond donors (Lipinski definition) is 2. The van der Waals surface area contributed by atoms with E-state index in [0.29, 0.717) is 18.0 Å². The summed E-state index contributed by atoms with van der Waals surface area (Å²) in [6.07, 6.45) is 2.40. The predicted molar refractivity (Wildman–Crippen MR) is 99.0 cm³/mol. The highest BCUT2D eigenvalue weighted by molar-refractivity contribution is 6.31. The highest BCUT2D eigenvalue weighted by atomic mass is 35.5. The van der Waals surface area contributed by atoms with Crippen molar-refractivity contribution in [3.05, 3.63) is 70.6 Å². The van der Waals surface area contributed by atoms with E-state index < -0.39 is 17.5 Å². The van der Waals surface area contributed by atoms with Crippen LogP contribution in [-0.2, 0) is 6.42 Å². The van der Waals surface area contributed by atoms with E-state index in [2.05, 4.69) is 20.4 Å². The van der Waals surface area contributed by atoms with Gasteiger partial charge in [0.25, 0.3) is 17.6 Å². The summed E-state index contributed by atoms with van der Waals surface area (Å²) in [6, 6.07) is 8.37. The molecule has 4 aromatic rings. The molecule has 2 aromatic heterocycles. The van der Waals surface area contributed by atoms with Crippen LogP contribution in [0, 0.1) is 11.6 Å². The zero-order valence-electron chi connectivity index (χ0n) is 14.3. The largest absolute Gasteiger partial charge is 0.361 e. The van der Waals surface area contributed by atoms with Gasteiger partial charge < -0.3 is 14.8 Å². The Hall–Kier alpha value is -3.26. The second kappa shape index (κ2) is 7.40. The number of aromatic nitrogens is 3. The molecule has 6 nitrogen and oxygen atoms in total. The van der Waals surface area contributed by atoms with Gasteiger partial charge in [0.05, 0.1) is 5.56 Å². The number of carbonyl (C=O) groups is 1. The topological polar surface area (TPSA) is 83.8 Å². The second-order valence-electron chi connectivity index (χ2n) is 6.06.